The lowest BCUT2D eigenvalue weighted by Crippen LogP contribution is -2.25. The van der Waals surface area contributed by atoms with Crippen molar-refractivity contribution in [1.29, 1.82) is 0 Å². The predicted molar refractivity (Wildman–Crippen MR) is 72.5 cm³/mol. The molecule has 0 aliphatic carbocycles. The van der Waals surface area contributed by atoms with Crippen LogP contribution in [0.2, 0.25) is 0 Å². The normalized spacial score (nSPS) is 10.0. The first-order chi connectivity index (χ1) is 8.77. The molecule has 0 heterocycles. The molecule has 0 radical (unpaired) electrons. The first-order valence-corrected chi connectivity index (χ1v) is 5.58. The number of terminal acetylenes is 1. The van der Waals surface area contributed by atoms with Gasteiger partial charge in [0.2, 0.25) is 0 Å². The molecule has 18 heavy (non-hydrogen) atoms. The van der Waals surface area contributed by atoms with Crippen LogP contribution in [0, 0.1) is 24.2 Å². The summed E-state index contributed by atoms with van der Waals surface area (Å²) in [5, 5.41) is 10.8. The van der Waals surface area contributed by atoms with Gasteiger partial charge in [0.05, 0.1) is 0 Å². The molecule has 0 atom stereocenters. The smallest absolute Gasteiger partial charge is 0.177 e. The Labute approximate surface area is 107 Å². The van der Waals surface area contributed by atoms with E-state index in [0.717, 1.165) is 0 Å². The fraction of sp³-hybridized carbons (Fsp3) is 0.0588. The molecule has 0 saturated carbocycles. The quantitative estimate of drug-likeness (QED) is 0.789. The van der Waals surface area contributed by atoms with Crippen LogP contribution >= 0.6 is 0 Å². The van der Waals surface area contributed by atoms with Gasteiger partial charge in [0, 0.05) is 11.1 Å². The van der Waals surface area contributed by atoms with Crippen LogP contribution in [0.25, 0.3) is 0 Å². The lowest BCUT2D eigenvalue weighted by Gasteiger charge is -2.23. The zero-order valence-electron chi connectivity index (χ0n) is 9.80. The standard InChI is InChI=1S/C17H12O/c1-2-3-14-17(18,15-10-6-4-7-11-15)16-12-8-5-9-13-16/h1,4-13,18H. The molecule has 2 rings (SSSR count). The molecule has 0 aliphatic heterocycles. The Morgan fingerprint density at radius 2 is 1.28 bits per heavy atom. The molecule has 0 aromatic heterocycles. The highest BCUT2D eigenvalue weighted by Gasteiger charge is 2.28. The third-order valence-corrected chi connectivity index (χ3v) is 2.70. The maximum absolute atomic E-state index is 10.8. The van der Waals surface area contributed by atoms with E-state index in [-0.39, 0.29) is 0 Å². The summed E-state index contributed by atoms with van der Waals surface area (Å²) in [6.07, 6.45) is 5.16. The van der Waals surface area contributed by atoms with Gasteiger partial charge in [-0.3, -0.25) is 0 Å². The minimum absolute atomic E-state index is 0.707. The van der Waals surface area contributed by atoms with Crippen LogP contribution in [0.15, 0.2) is 60.7 Å². The maximum Gasteiger partial charge on any atom is 0.177 e. The van der Waals surface area contributed by atoms with Gasteiger partial charge >= 0.3 is 0 Å². The molecule has 1 nitrogen and oxygen atoms in total. The molecule has 0 saturated heterocycles. The lowest BCUT2D eigenvalue weighted by molar-refractivity contribution is 0.145. The Hall–Kier alpha value is -2.48. The lowest BCUT2D eigenvalue weighted by atomic mass is 9.87. The van der Waals surface area contributed by atoms with Crippen LogP contribution in [0.1, 0.15) is 11.1 Å². The van der Waals surface area contributed by atoms with Crippen LogP contribution in [0.4, 0.5) is 0 Å². The number of rotatable bonds is 2. The minimum atomic E-state index is -1.37. The van der Waals surface area contributed by atoms with Gasteiger partial charge in [-0.25, -0.2) is 0 Å². The van der Waals surface area contributed by atoms with E-state index in [0.29, 0.717) is 11.1 Å². The first-order valence-electron chi connectivity index (χ1n) is 5.58. The SMILES string of the molecule is C#CC#CC(O)(c1ccccc1)c1ccccc1. The molecule has 2 aromatic carbocycles. The van der Waals surface area contributed by atoms with Crippen molar-refractivity contribution < 1.29 is 5.11 Å². The van der Waals surface area contributed by atoms with Crippen molar-refractivity contribution in [2.45, 2.75) is 5.60 Å². The van der Waals surface area contributed by atoms with Gasteiger partial charge in [-0.2, -0.15) is 0 Å². The summed E-state index contributed by atoms with van der Waals surface area (Å²) in [5.41, 5.74) is 0.0485. The Balaban J connectivity index is 2.60. The average molecular weight is 232 g/mol. The van der Waals surface area contributed by atoms with E-state index >= 15 is 0 Å². The van der Waals surface area contributed by atoms with Gasteiger partial charge in [-0.05, 0) is 17.8 Å². The Morgan fingerprint density at radius 3 is 1.67 bits per heavy atom. The summed E-state index contributed by atoms with van der Waals surface area (Å²) >= 11 is 0. The molecular formula is C17H12O. The highest BCUT2D eigenvalue weighted by atomic mass is 16.3. The van der Waals surface area contributed by atoms with Crippen molar-refractivity contribution in [2.75, 3.05) is 0 Å². The predicted octanol–water partition coefficient (Wildman–Crippen LogP) is 2.56. The summed E-state index contributed by atoms with van der Waals surface area (Å²) in [6, 6.07) is 18.6. The largest absolute Gasteiger partial charge is 0.369 e. The van der Waals surface area contributed by atoms with Crippen LogP contribution < -0.4 is 0 Å². The van der Waals surface area contributed by atoms with Gasteiger partial charge in [-0.15, -0.1) is 6.42 Å². The Morgan fingerprint density at radius 1 is 0.833 bits per heavy atom. The molecule has 2 aromatic rings. The highest BCUT2D eigenvalue weighted by molar-refractivity contribution is 5.46. The van der Waals surface area contributed by atoms with E-state index in [1.165, 1.54) is 0 Å². The van der Waals surface area contributed by atoms with Crippen molar-refractivity contribution in [3.05, 3.63) is 71.8 Å². The molecule has 0 spiro atoms. The van der Waals surface area contributed by atoms with E-state index in [2.05, 4.69) is 17.8 Å². The first kappa shape index (κ1) is 12.0. The molecule has 0 aliphatic rings. The second-order valence-electron chi connectivity index (χ2n) is 3.84. The molecule has 0 bridgehead atoms. The summed E-state index contributed by atoms with van der Waals surface area (Å²) in [5.74, 6) is 7.50. The van der Waals surface area contributed by atoms with Crippen molar-refractivity contribution in [1.82, 2.24) is 0 Å². The van der Waals surface area contributed by atoms with Crippen LogP contribution in [-0.2, 0) is 5.60 Å². The molecule has 0 unspecified atom stereocenters. The third kappa shape index (κ3) is 2.28. The van der Waals surface area contributed by atoms with Gasteiger partial charge in [0.15, 0.2) is 5.60 Å². The number of benzene rings is 2. The van der Waals surface area contributed by atoms with Crippen molar-refractivity contribution >= 4 is 0 Å². The van der Waals surface area contributed by atoms with E-state index in [9.17, 15) is 5.11 Å². The van der Waals surface area contributed by atoms with Crippen molar-refractivity contribution in [3.63, 3.8) is 0 Å². The Kier molecular flexibility index (Phi) is 3.49. The van der Waals surface area contributed by atoms with Gasteiger partial charge < -0.3 is 5.11 Å². The molecule has 0 fully saturated rings. The second-order valence-corrected chi connectivity index (χ2v) is 3.84. The zero-order valence-corrected chi connectivity index (χ0v) is 9.80. The summed E-state index contributed by atoms with van der Waals surface area (Å²) in [4.78, 5) is 0. The summed E-state index contributed by atoms with van der Waals surface area (Å²) in [7, 11) is 0. The molecule has 1 heteroatoms. The monoisotopic (exact) mass is 232 g/mol. The van der Waals surface area contributed by atoms with E-state index in [1.807, 2.05) is 60.7 Å². The minimum Gasteiger partial charge on any atom is -0.369 e. The van der Waals surface area contributed by atoms with Crippen molar-refractivity contribution in [3.8, 4) is 24.2 Å². The van der Waals surface area contributed by atoms with Crippen LogP contribution in [0.3, 0.4) is 0 Å². The summed E-state index contributed by atoms with van der Waals surface area (Å²) < 4.78 is 0. The fourth-order valence-corrected chi connectivity index (χ4v) is 1.80. The van der Waals surface area contributed by atoms with E-state index in [1.54, 1.807) is 0 Å². The van der Waals surface area contributed by atoms with Crippen LogP contribution in [0.5, 0.6) is 0 Å². The number of hydrogen-bond acceptors (Lipinski definition) is 1. The summed E-state index contributed by atoms with van der Waals surface area (Å²) in [6.45, 7) is 0. The molecule has 0 amide bonds. The topological polar surface area (TPSA) is 20.2 Å². The van der Waals surface area contributed by atoms with Gasteiger partial charge in [0.25, 0.3) is 0 Å². The molecule has 86 valence electrons. The number of hydrogen-bond donors (Lipinski definition) is 1. The van der Waals surface area contributed by atoms with E-state index < -0.39 is 5.60 Å². The average Bonchev–Trinajstić information content (AvgIpc) is 2.46. The van der Waals surface area contributed by atoms with Crippen LogP contribution in [-0.4, -0.2) is 5.11 Å². The zero-order chi connectivity index (χ0) is 12.8. The Bertz CT molecular complexity index is 570. The molecule has 1 N–H and O–H groups in total. The second kappa shape index (κ2) is 5.23. The number of aliphatic hydroxyl groups is 1. The third-order valence-electron chi connectivity index (χ3n) is 2.70. The fourth-order valence-electron chi connectivity index (χ4n) is 1.80. The van der Waals surface area contributed by atoms with Gasteiger partial charge in [-0.1, -0.05) is 60.7 Å². The maximum atomic E-state index is 10.8. The van der Waals surface area contributed by atoms with Gasteiger partial charge in [0.1, 0.15) is 0 Å². The van der Waals surface area contributed by atoms with E-state index in [4.69, 9.17) is 6.42 Å². The molecular weight excluding hydrogens is 220 g/mol. The van der Waals surface area contributed by atoms with Crippen molar-refractivity contribution in [2.24, 2.45) is 0 Å². The highest BCUT2D eigenvalue weighted by Crippen LogP contribution is 2.28.